The summed E-state index contributed by atoms with van der Waals surface area (Å²) in [6, 6.07) is 11.9. The van der Waals surface area contributed by atoms with Gasteiger partial charge in [-0.15, -0.1) is 0 Å². The molecule has 2 amide bonds. The molecule has 0 saturated carbocycles. The number of carbonyl (C=O) groups is 2. The Labute approximate surface area is 161 Å². The summed E-state index contributed by atoms with van der Waals surface area (Å²) in [5.41, 5.74) is 1.77. The van der Waals surface area contributed by atoms with Gasteiger partial charge in [-0.05, 0) is 30.3 Å². The van der Waals surface area contributed by atoms with Gasteiger partial charge in [0.25, 0.3) is 0 Å². The minimum atomic E-state index is -0.805. The van der Waals surface area contributed by atoms with Crippen LogP contribution in [-0.4, -0.2) is 38.1 Å². The van der Waals surface area contributed by atoms with Crippen LogP contribution in [0.5, 0.6) is 0 Å². The highest BCUT2D eigenvalue weighted by atomic mass is 35.5. The van der Waals surface area contributed by atoms with Gasteiger partial charge in [0.15, 0.2) is 0 Å². The van der Waals surface area contributed by atoms with E-state index in [-0.39, 0.29) is 0 Å². The molecule has 2 aromatic carbocycles. The molecule has 2 aromatic rings. The first-order valence-corrected chi connectivity index (χ1v) is 8.78. The van der Waals surface area contributed by atoms with Gasteiger partial charge in [-0.25, -0.2) is 0 Å². The summed E-state index contributed by atoms with van der Waals surface area (Å²) in [4.78, 5) is 26.6. The summed E-state index contributed by atoms with van der Waals surface area (Å²) in [5, 5.41) is 5.88. The molecule has 0 bridgehead atoms. The van der Waals surface area contributed by atoms with E-state index in [1.54, 1.807) is 12.1 Å². The van der Waals surface area contributed by atoms with Crippen LogP contribution in [0.1, 0.15) is 0 Å². The summed E-state index contributed by atoms with van der Waals surface area (Å²) >= 11 is 11.8. The number of hydrogen-bond acceptors (Lipinski definition) is 4. The number of hydrogen-bond donors (Lipinski definition) is 2. The number of para-hydroxylation sites is 2. The van der Waals surface area contributed by atoms with Gasteiger partial charge in [-0.3, -0.25) is 9.59 Å². The SMILES string of the molecule is O=C(Nc1cc(Cl)cc(Cl)c1)C(=O)Nc1ccccc1N1CCOCC1. The van der Waals surface area contributed by atoms with Crippen LogP contribution in [0, 0.1) is 0 Å². The van der Waals surface area contributed by atoms with E-state index >= 15 is 0 Å². The maximum atomic E-state index is 12.3. The van der Waals surface area contributed by atoms with Gasteiger partial charge in [-0.2, -0.15) is 0 Å². The van der Waals surface area contributed by atoms with E-state index < -0.39 is 11.8 Å². The van der Waals surface area contributed by atoms with Crippen molar-refractivity contribution in [3.05, 3.63) is 52.5 Å². The van der Waals surface area contributed by atoms with Crippen molar-refractivity contribution in [2.75, 3.05) is 41.8 Å². The molecule has 0 radical (unpaired) electrons. The number of morpholine rings is 1. The molecule has 0 atom stereocenters. The molecular formula is C18H17Cl2N3O3. The minimum absolute atomic E-state index is 0.351. The van der Waals surface area contributed by atoms with Crippen LogP contribution in [-0.2, 0) is 14.3 Å². The van der Waals surface area contributed by atoms with Gasteiger partial charge in [-0.1, -0.05) is 35.3 Å². The van der Waals surface area contributed by atoms with Gasteiger partial charge in [0.2, 0.25) is 0 Å². The quantitative estimate of drug-likeness (QED) is 0.783. The molecule has 1 aliphatic rings. The zero-order valence-corrected chi connectivity index (χ0v) is 15.3. The van der Waals surface area contributed by atoms with E-state index in [4.69, 9.17) is 27.9 Å². The van der Waals surface area contributed by atoms with E-state index in [0.29, 0.717) is 34.6 Å². The van der Waals surface area contributed by atoms with Gasteiger partial charge in [0.05, 0.1) is 24.6 Å². The Kier molecular flexibility index (Phi) is 5.98. The lowest BCUT2D eigenvalue weighted by Crippen LogP contribution is -2.37. The molecule has 0 spiro atoms. The zero-order valence-electron chi connectivity index (χ0n) is 13.8. The number of nitrogens with zero attached hydrogens (tertiary/aromatic N) is 1. The van der Waals surface area contributed by atoms with E-state index in [9.17, 15) is 9.59 Å². The Bertz CT molecular complexity index is 803. The molecule has 136 valence electrons. The van der Waals surface area contributed by atoms with Gasteiger partial charge < -0.3 is 20.3 Å². The van der Waals surface area contributed by atoms with Crippen molar-refractivity contribution in [3.8, 4) is 0 Å². The summed E-state index contributed by atoms with van der Waals surface area (Å²) in [5.74, 6) is -1.58. The first-order valence-electron chi connectivity index (χ1n) is 8.03. The molecule has 3 rings (SSSR count). The average molecular weight is 394 g/mol. The van der Waals surface area contributed by atoms with Crippen molar-refractivity contribution in [1.82, 2.24) is 0 Å². The second-order valence-corrected chi connectivity index (χ2v) is 6.56. The maximum absolute atomic E-state index is 12.3. The smallest absolute Gasteiger partial charge is 0.314 e. The van der Waals surface area contributed by atoms with Crippen molar-refractivity contribution in [1.29, 1.82) is 0 Å². The van der Waals surface area contributed by atoms with E-state index in [1.165, 1.54) is 18.2 Å². The molecule has 1 heterocycles. The first-order chi connectivity index (χ1) is 12.5. The summed E-state index contributed by atoms with van der Waals surface area (Å²) < 4.78 is 5.35. The Morgan fingerprint density at radius 3 is 2.23 bits per heavy atom. The molecule has 1 fully saturated rings. The predicted molar refractivity (Wildman–Crippen MR) is 103 cm³/mol. The lowest BCUT2D eigenvalue weighted by molar-refractivity contribution is -0.132. The second-order valence-electron chi connectivity index (χ2n) is 5.68. The predicted octanol–water partition coefficient (Wildman–Crippen LogP) is 3.41. The average Bonchev–Trinajstić information content (AvgIpc) is 2.62. The number of halogens is 2. The van der Waals surface area contributed by atoms with Gasteiger partial charge in [0.1, 0.15) is 0 Å². The van der Waals surface area contributed by atoms with E-state index in [0.717, 1.165) is 18.8 Å². The Hall–Kier alpha value is -2.28. The van der Waals surface area contributed by atoms with E-state index in [2.05, 4.69) is 15.5 Å². The fraction of sp³-hybridized carbons (Fsp3) is 0.222. The molecule has 0 aromatic heterocycles. The van der Waals surface area contributed by atoms with Crippen LogP contribution in [0.4, 0.5) is 17.1 Å². The Morgan fingerprint density at radius 2 is 1.54 bits per heavy atom. The monoisotopic (exact) mass is 393 g/mol. The van der Waals surface area contributed by atoms with Crippen LogP contribution in [0.15, 0.2) is 42.5 Å². The Morgan fingerprint density at radius 1 is 0.923 bits per heavy atom. The fourth-order valence-electron chi connectivity index (χ4n) is 2.65. The highest BCUT2D eigenvalue weighted by Gasteiger charge is 2.19. The van der Waals surface area contributed by atoms with Crippen LogP contribution in [0.25, 0.3) is 0 Å². The molecule has 2 N–H and O–H groups in total. The van der Waals surface area contributed by atoms with Gasteiger partial charge >= 0.3 is 11.8 Å². The van der Waals surface area contributed by atoms with Crippen molar-refractivity contribution < 1.29 is 14.3 Å². The number of carbonyl (C=O) groups excluding carboxylic acids is 2. The highest BCUT2D eigenvalue weighted by Crippen LogP contribution is 2.26. The van der Waals surface area contributed by atoms with Crippen molar-refractivity contribution in [2.24, 2.45) is 0 Å². The third-order valence-electron chi connectivity index (χ3n) is 3.83. The second kappa shape index (κ2) is 8.40. The molecule has 1 aliphatic heterocycles. The molecule has 26 heavy (non-hydrogen) atoms. The largest absolute Gasteiger partial charge is 0.378 e. The molecule has 1 saturated heterocycles. The number of amides is 2. The molecule has 0 aliphatic carbocycles. The molecule has 8 heteroatoms. The van der Waals surface area contributed by atoms with Crippen LogP contribution in [0.2, 0.25) is 10.0 Å². The third-order valence-corrected chi connectivity index (χ3v) is 4.27. The van der Waals surface area contributed by atoms with E-state index in [1.807, 2.05) is 12.1 Å². The molecule has 0 unspecified atom stereocenters. The van der Waals surface area contributed by atoms with Crippen LogP contribution < -0.4 is 15.5 Å². The van der Waals surface area contributed by atoms with Crippen molar-refractivity contribution in [2.45, 2.75) is 0 Å². The summed E-state index contributed by atoms with van der Waals surface area (Å²) in [6.45, 7) is 2.69. The Balaban J connectivity index is 1.70. The first kappa shape index (κ1) is 18.5. The summed E-state index contributed by atoms with van der Waals surface area (Å²) in [7, 11) is 0. The maximum Gasteiger partial charge on any atom is 0.314 e. The zero-order chi connectivity index (χ0) is 18.5. The molecule has 6 nitrogen and oxygen atoms in total. The summed E-state index contributed by atoms with van der Waals surface area (Å²) in [6.07, 6.45) is 0. The van der Waals surface area contributed by atoms with Crippen LogP contribution >= 0.6 is 23.2 Å². The van der Waals surface area contributed by atoms with Crippen molar-refractivity contribution >= 4 is 52.1 Å². The number of anilines is 3. The fourth-order valence-corrected chi connectivity index (χ4v) is 3.18. The standard InChI is InChI=1S/C18H17Cl2N3O3/c19-12-9-13(20)11-14(10-12)21-17(24)18(25)22-15-3-1-2-4-16(15)23-5-7-26-8-6-23/h1-4,9-11H,5-8H2,(H,21,24)(H,22,25). The topological polar surface area (TPSA) is 70.7 Å². The lowest BCUT2D eigenvalue weighted by Gasteiger charge is -2.30. The van der Waals surface area contributed by atoms with Crippen LogP contribution in [0.3, 0.4) is 0 Å². The third kappa shape index (κ3) is 4.66. The number of rotatable bonds is 3. The normalized spacial score (nSPS) is 14.0. The van der Waals surface area contributed by atoms with Gasteiger partial charge in [0, 0.05) is 28.8 Å². The number of ether oxygens (including phenoxy) is 1. The number of nitrogens with one attached hydrogen (secondary N) is 2. The number of benzene rings is 2. The highest BCUT2D eigenvalue weighted by molar-refractivity contribution is 6.44. The minimum Gasteiger partial charge on any atom is -0.378 e. The lowest BCUT2D eigenvalue weighted by atomic mass is 10.2. The molecular weight excluding hydrogens is 377 g/mol. The van der Waals surface area contributed by atoms with Crippen molar-refractivity contribution in [3.63, 3.8) is 0 Å².